The van der Waals surface area contributed by atoms with Crippen LogP contribution in [0.25, 0.3) is 22.1 Å². The summed E-state index contributed by atoms with van der Waals surface area (Å²) in [5.74, 6) is 1.52. The van der Waals surface area contributed by atoms with Crippen LogP contribution < -0.4 is 10.1 Å². The Bertz CT molecular complexity index is 1250. The van der Waals surface area contributed by atoms with Crippen LogP contribution in [-0.2, 0) is 18.3 Å². The van der Waals surface area contributed by atoms with Gasteiger partial charge >= 0.3 is 0 Å². The zero-order chi connectivity index (χ0) is 23.0. The Balaban J connectivity index is 1.53. The molecule has 0 aliphatic rings. The van der Waals surface area contributed by atoms with Crippen molar-refractivity contribution in [3.63, 3.8) is 0 Å². The normalized spacial score (nSPS) is 12.6. The highest BCUT2D eigenvalue weighted by molar-refractivity contribution is 5.86. The van der Waals surface area contributed by atoms with Crippen molar-refractivity contribution in [3.05, 3.63) is 46.9 Å². The molecule has 0 spiro atoms. The molecule has 8 heteroatoms. The summed E-state index contributed by atoms with van der Waals surface area (Å²) in [4.78, 5) is 25.7. The molecule has 3 aromatic heterocycles. The highest BCUT2D eigenvalue weighted by atomic mass is 16.5. The Labute approximate surface area is 187 Å². The predicted octanol–water partition coefficient (Wildman–Crippen LogP) is 3.92. The van der Waals surface area contributed by atoms with Gasteiger partial charge in [0, 0.05) is 19.2 Å². The molecule has 0 saturated heterocycles. The third-order valence-electron chi connectivity index (χ3n) is 6.00. The van der Waals surface area contributed by atoms with Crippen molar-refractivity contribution in [1.82, 2.24) is 30.0 Å². The molecule has 3 heterocycles. The summed E-state index contributed by atoms with van der Waals surface area (Å²) < 4.78 is 7.17. The summed E-state index contributed by atoms with van der Waals surface area (Å²) >= 11 is 0. The van der Waals surface area contributed by atoms with Crippen LogP contribution in [-0.4, -0.2) is 37.7 Å². The summed E-state index contributed by atoms with van der Waals surface area (Å²) in [6.45, 7) is 8.18. The van der Waals surface area contributed by atoms with E-state index in [9.17, 15) is 4.79 Å². The number of imidazole rings is 1. The maximum Gasteiger partial charge on any atom is 0.242 e. The number of methoxy groups -OCH3 is 1. The van der Waals surface area contributed by atoms with Gasteiger partial charge in [-0.15, -0.1) is 5.10 Å². The Morgan fingerprint density at radius 1 is 1.22 bits per heavy atom. The molecule has 1 atom stereocenters. The predicted molar refractivity (Wildman–Crippen MR) is 125 cm³/mol. The van der Waals surface area contributed by atoms with E-state index in [0.29, 0.717) is 18.7 Å². The number of amides is 1. The minimum Gasteiger partial charge on any atom is -0.479 e. The van der Waals surface area contributed by atoms with Gasteiger partial charge in [0.25, 0.3) is 0 Å². The molecule has 0 bridgehead atoms. The number of rotatable bonds is 7. The molecule has 0 aliphatic carbocycles. The molecule has 4 aromatic rings. The van der Waals surface area contributed by atoms with Crippen molar-refractivity contribution in [3.8, 4) is 5.88 Å². The molecule has 8 nitrogen and oxygen atoms in total. The van der Waals surface area contributed by atoms with Crippen LogP contribution in [0.5, 0.6) is 5.88 Å². The number of hydrogen-bond donors (Lipinski definition) is 2. The quantitative estimate of drug-likeness (QED) is 0.459. The lowest BCUT2D eigenvalue weighted by atomic mass is 9.99. The molecular formula is C24H30N6O2. The number of carbonyl (C=O) groups is 1. The third kappa shape index (κ3) is 3.92. The van der Waals surface area contributed by atoms with Gasteiger partial charge in [0.1, 0.15) is 5.82 Å². The van der Waals surface area contributed by atoms with Crippen LogP contribution in [0, 0.1) is 19.8 Å². The average molecular weight is 435 g/mol. The van der Waals surface area contributed by atoms with Gasteiger partial charge in [-0.05, 0) is 49.4 Å². The SMILES string of the molecule is COc1nn(C)c2nc(C)c(CCC(=O)NC(c3nc4ccccc4[nH]3)C(C)C)c(C)c12. The molecule has 32 heavy (non-hydrogen) atoms. The van der Waals surface area contributed by atoms with Crippen molar-refractivity contribution in [2.75, 3.05) is 7.11 Å². The maximum atomic E-state index is 12.9. The lowest BCUT2D eigenvalue weighted by Crippen LogP contribution is -2.32. The van der Waals surface area contributed by atoms with Crippen LogP contribution in [0.15, 0.2) is 24.3 Å². The van der Waals surface area contributed by atoms with Crippen LogP contribution in [0.3, 0.4) is 0 Å². The number of carbonyl (C=O) groups excluding carboxylic acids is 1. The number of para-hydroxylation sites is 2. The molecule has 168 valence electrons. The number of fused-ring (bicyclic) bond motifs is 2. The maximum absolute atomic E-state index is 12.9. The molecule has 2 N–H and O–H groups in total. The number of nitrogens with one attached hydrogen (secondary N) is 2. The molecule has 1 amide bonds. The fourth-order valence-corrected chi connectivity index (χ4v) is 4.26. The number of hydrogen-bond acceptors (Lipinski definition) is 5. The number of benzene rings is 1. The van der Waals surface area contributed by atoms with E-state index in [1.54, 1.807) is 11.8 Å². The number of aromatic nitrogens is 5. The fourth-order valence-electron chi connectivity index (χ4n) is 4.26. The second-order valence-corrected chi connectivity index (χ2v) is 8.56. The van der Waals surface area contributed by atoms with E-state index >= 15 is 0 Å². The Morgan fingerprint density at radius 2 is 1.97 bits per heavy atom. The number of H-pyrrole nitrogens is 1. The largest absolute Gasteiger partial charge is 0.479 e. The molecule has 1 aromatic carbocycles. The van der Waals surface area contributed by atoms with Gasteiger partial charge in [-0.1, -0.05) is 26.0 Å². The molecule has 1 unspecified atom stereocenters. The summed E-state index contributed by atoms with van der Waals surface area (Å²) in [6, 6.07) is 7.71. The van der Waals surface area contributed by atoms with Crippen LogP contribution in [0.1, 0.15) is 49.0 Å². The van der Waals surface area contributed by atoms with E-state index < -0.39 is 0 Å². The topological polar surface area (TPSA) is 97.7 Å². The number of ether oxygens (including phenoxy) is 1. The highest BCUT2D eigenvalue weighted by Crippen LogP contribution is 2.30. The molecule has 0 saturated carbocycles. The van der Waals surface area contributed by atoms with Gasteiger partial charge in [-0.3, -0.25) is 4.79 Å². The van der Waals surface area contributed by atoms with Crippen molar-refractivity contribution in [1.29, 1.82) is 0 Å². The lowest BCUT2D eigenvalue weighted by molar-refractivity contribution is -0.122. The van der Waals surface area contributed by atoms with Crippen molar-refractivity contribution in [2.45, 2.75) is 46.6 Å². The van der Waals surface area contributed by atoms with E-state index in [0.717, 1.165) is 44.7 Å². The molecule has 0 fully saturated rings. The fraction of sp³-hybridized carbons (Fsp3) is 0.417. The van der Waals surface area contributed by atoms with Crippen molar-refractivity contribution in [2.24, 2.45) is 13.0 Å². The van der Waals surface area contributed by atoms with Gasteiger partial charge in [0.15, 0.2) is 5.65 Å². The van der Waals surface area contributed by atoms with Gasteiger partial charge in [0.05, 0.1) is 29.6 Å². The first-order valence-electron chi connectivity index (χ1n) is 10.9. The minimum atomic E-state index is -0.184. The van der Waals surface area contributed by atoms with Gasteiger partial charge < -0.3 is 15.0 Å². The summed E-state index contributed by atoms with van der Waals surface area (Å²) in [5, 5.41) is 8.47. The van der Waals surface area contributed by atoms with E-state index in [1.807, 2.05) is 45.2 Å². The monoisotopic (exact) mass is 434 g/mol. The van der Waals surface area contributed by atoms with Crippen LogP contribution in [0.2, 0.25) is 0 Å². The van der Waals surface area contributed by atoms with E-state index in [1.165, 1.54) is 0 Å². The van der Waals surface area contributed by atoms with E-state index in [4.69, 9.17) is 9.72 Å². The standard InChI is InChI=1S/C24H30N6O2/c1-13(2)21(22-26-17-9-7-8-10-18(17)27-22)28-19(31)12-11-16-14(3)20-23(25-15(16)4)30(5)29-24(20)32-6/h7-10,13,21H,11-12H2,1-6H3,(H,26,27)(H,28,31). The van der Waals surface area contributed by atoms with Crippen molar-refractivity contribution < 1.29 is 9.53 Å². The first kappa shape index (κ1) is 21.8. The number of nitrogens with zero attached hydrogens (tertiary/aromatic N) is 4. The lowest BCUT2D eigenvalue weighted by Gasteiger charge is -2.20. The molecule has 0 aliphatic heterocycles. The smallest absolute Gasteiger partial charge is 0.242 e. The summed E-state index contributed by atoms with van der Waals surface area (Å²) in [7, 11) is 3.46. The molecular weight excluding hydrogens is 404 g/mol. The Morgan fingerprint density at radius 3 is 2.66 bits per heavy atom. The Kier molecular flexibility index (Phi) is 5.86. The Hall–Kier alpha value is -3.42. The zero-order valence-electron chi connectivity index (χ0n) is 19.5. The second-order valence-electron chi connectivity index (χ2n) is 8.56. The van der Waals surface area contributed by atoms with Crippen molar-refractivity contribution >= 4 is 28.0 Å². The average Bonchev–Trinajstić information content (AvgIpc) is 3.32. The van der Waals surface area contributed by atoms with Crippen LogP contribution >= 0.6 is 0 Å². The van der Waals surface area contributed by atoms with E-state index in [2.05, 4.69) is 34.2 Å². The summed E-state index contributed by atoms with van der Waals surface area (Å²) in [5.41, 5.74) is 5.68. The first-order chi connectivity index (χ1) is 15.3. The van der Waals surface area contributed by atoms with Gasteiger partial charge in [-0.2, -0.15) is 0 Å². The number of aromatic amines is 1. The summed E-state index contributed by atoms with van der Waals surface area (Å²) in [6.07, 6.45) is 0.955. The van der Waals surface area contributed by atoms with Crippen LogP contribution in [0.4, 0.5) is 0 Å². The zero-order valence-corrected chi connectivity index (χ0v) is 19.5. The second kappa shape index (κ2) is 8.61. The van der Waals surface area contributed by atoms with Gasteiger partial charge in [0.2, 0.25) is 11.8 Å². The molecule has 0 radical (unpaired) electrons. The highest BCUT2D eigenvalue weighted by Gasteiger charge is 2.23. The number of aryl methyl sites for hydroxylation is 3. The van der Waals surface area contributed by atoms with Gasteiger partial charge in [-0.25, -0.2) is 14.6 Å². The molecule has 4 rings (SSSR count). The minimum absolute atomic E-state index is 0.0128. The third-order valence-corrected chi connectivity index (χ3v) is 6.00. The van der Waals surface area contributed by atoms with E-state index in [-0.39, 0.29) is 17.9 Å². The number of pyridine rings is 1. The first-order valence-corrected chi connectivity index (χ1v) is 10.9.